The second kappa shape index (κ2) is 9.37. The Balaban J connectivity index is 2.19. The van der Waals surface area contributed by atoms with Crippen LogP contribution in [0.3, 0.4) is 0 Å². The summed E-state index contributed by atoms with van der Waals surface area (Å²) in [4.78, 5) is 2.31. The number of thioether (sulfide) groups is 1. The van der Waals surface area contributed by atoms with E-state index in [1.807, 2.05) is 6.07 Å². The van der Waals surface area contributed by atoms with E-state index >= 15 is 0 Å². The Bertz CT molecular complexity index is 374. The van der Waals surface area contributed by atoms with Crippen LogP contribution in [0, 0.1) is 0 Å². The highest BCUT2D eigenvalue weighted by Gasteiger charge is 2.08. The first kappa shape index (κ1) is 17.5. The molecule has 0 saturated heterocycles. The van der Waals surface area contributed by atoms with Gasteiger partial charge < -0.3 is 14.6 Å². The van der Waals surface area contributed by atoms with E-state index in [0.29, 0.717) is 30.1 Å². The number of nitrogens with zero attached hydrogens (tertiary/aromatic N) is 1. The Morgan fingerprint density at radius 1 is 1.35 bits per heavy atom. The third-order valence-electron chi connectivity index (χ3n) is 3.35. The van der Waals surface area contributed by atoms with E-state index in [-0.39, 0.29) is 5.75 Å². The van der Waals surface area contributed by atoms with Crippen LogP contribution in [0.25, 0.3) is 0 Å². The molecule has 0 saturated carbocycles. The van der Waals surface area contributed by atoms with E-state index in [9.17, 15) is 8.78 Å². The minimum atomic E-state index is -2.35. The number of likely N-dealkylation sites (N-methyl/N-ethyl adjacent to an activating group) is 1. The van der Waals surface area contributed by atoms with E-state index in [4.69, 9.17) is 4.42 Å². The maximum absolute atomic E-state index is 12.1. The summed E-state index contributed by atoms with van der Waals surface area (Å²) in [7, 11) is 2.11. The van der Waals surface area contributed by atoms with Crippen LogP contribution in [0.5, 0.6) is 0 Å². The number of hydrogen-bond acceptors (Lipinski definition) is 4. The quantitative estimate of drug-likeness (QED) is 0.669. The predicted molar refractivity (Wildman–Crippen MR) is 80.1 cm³/mol. The van der Waals surface area contributed by atoms with Gasteiger partial charge in [-0.15, -0.1) is 0 Å². The molecule has 0 spiro atoms. The molecule has 0 amide bonds. The van der Waals surface area contributed by atoms with Crippen LogP contribution < -0.4 is 5.32 Å². The highest BCUT2D eigenvalue weighted by molar-refractivity contribution is 7.98. The summed E-state index contributed by atoms with van der Waals surface area (Å²) in [5.74, 6) is -0.739. The highest BCUT2D eigenvalue weighted by atomic mass is 32.2. The molecule has 0 fully saturated rings. The molecule has 6 heteroatoms. The molecule has 0 aliphatic heterocycles. The molecule has 0 aliphatic carbocycles. The van der Waals surface area contributed by atoms with Crippen molar-refractivity contribution in [2.24, 2.45) is 0 Å². The lowest BCUT2D eigenvalue weighted by molar-refractivity contribution is 0.250. The Morgan fingerprint density at radius 3 is 2.70 bits per heavy atom. The third kappa shape index (κ3) is 6.72. The summed E-state index contributed by atoms with van der Waals surface area (Å²) in [6.07, 6.45) is 1.14. The van der Waals surface area contributed by atoms with Crippen molar-refractivity contribution in [1.82, 2.24) is 10.2 Å². The van der Waals surface area contributed by atoms with Crippen LogP contribution in [0.2, 0.25) is 0 Å². The van der Waals surface area contributed by atoms with Crippen LogP contribution in [-0.2, 0) is 12.3 Å². The zero-order valence-electron chi connectivity index (χ0n) is 12.4. The second-order valence-corrected chi connectivity index (χ2v) is 5.83. The predicted octanol–water partition coefficient (Wildman–Crippen LogP) is 3.56. The molecule has 1 N–H and O–H groups in total. The average molecular weight is 306 g/mol. The lowest BCUT2D eigenvalue weighted by Gasteiger charge is -2.23. The molecule has 1 heterocycles. The van der Waals surface area contributed by atoms with E-state index in [1.165, 1.54) is 0 Å². The fourth-order valence-electron chi connectivity index (χ4n) is 1.74. The minimum Gasteiger partial charge on any atom is -0.464 e. The highest BCUT2D eigenvalue weighted by Crippen LogP contribution is 2.21. The van der Waals surface area contributed by atoms with E-state index in [2.05, 4.69) is 31.1 Å². The molecular formula is C14H24F2N2OS. The van der Waals surface area contributed by atoms with E-state index in [1.54, 1.807) is 6.07 Å². The number of alkyl halides is 2. The lowest BCUT2D eigenvalue weighted by Crippen LogP contribution is -2.34. The standard InChI is InChI=1S/C14H24F2N2OS/c1-4-11(2)18(3)8-7-17-9-12-5-6-13(19-12)10-20-14(15)16/h5-6,11,14,17H,4,7-10H2,1-3H3. The van der Waals surface area contributed by atoms with Crippen molar-refractivity contribution >= 4 is 11.8 Å². The van der Waals surface area contributed by atoms with Gasteiger partial charge in [0, 0.05) is 19.1 Å². The average Bonchev–Trinajstić information content (AvgIpc) is 2.88. The molecule has 0 aliphatic rings. The van der Waals surface area contributed by atoms with Gasteiger partial charge in [0.05, 0.1) is 12.3 Å². The fourth-order valence-corrected chi connectivity index (χ4v) is 2.18. The molecule has 1 rings (SSSR count). The molecule has 0 radical (unpaired) electrons. The molecule has 1 atom stereocenters. The van der Waals surface area contributed by atoms with Crippen LogP contribution in [-0.4, -0.2) is 36.8 Å². The van der Waals surface area contributed by atoms with Crippen molar-refractivity contribution in [3.8, 4) is 0 Å². The summed E-state index contributed by atoms with van der Waals surface area (Å²) in [5, 5.41) is 3.30. The minimum absolute atomic E-state index is 0.217. The molecule has 1 aromatic rings. The first-order valence-corrected chi connectivity index (χ1v) is 7.96. The summed E-state index contributed by atoms with van der Waals surface area (Å²) in [5.41, 5.74) is 0. The van der Waals surface area contributed by atoms with Crippen molar-refractivity contribution in [2.45, 2.75) is 44.4 Å². The normalized spacial score (nSPS) is 13.3. The summed E-state index contributed by atoms with van der Waals surface area (Å²) >= 11 is 0.581. The van der Waals surface area contributed by atoms with Crippen LogP contribution >= 0.6 is 11.8 Å². The maximum atomic E-state index is 12.1. The monoisotopic (exact) mass is 306 g/mol. The molecular weight excluding hydrogens is 282 g/mol. The fraction of sp³-hybridized carbons (Fsp3) is 0.714. The van der Waals surface area contributed by atoms with Gasteiger partial charge in [0.1, 0.15) is 11.5 Å². The Morgan fingerprint density at radius 2 is 2.05 bits per heavy atom. The Labute approximate surface area is 124 Å². The third-order valence-corrected chi connectivity index (χ3v) is 4.06. The molecule has 1 aromatic heterocycles. The maximum Gasteiger partial charge on any atom is 0.284 e. The van der Waals surface area contributed by atoms with Gasteiger partial charge in [-0.2, -0.15) is 8.78 Å². The second-order valence-electron chi connectivity index (χ2n) is 4.85. The van der Waals surface area contributed by atoms with Gasteiger partial charge in [-0.25, -0.2) is 0 Å². The molecule has 0 bridgehead atoms. The number of nitrogens with one attached hydrogen (secondary N) is 1. The van der Waals surface area contributed by atoms with Crippen molar-refractivity contribution in [2.75, 3.05) is 20.1 Å². The number of furan rings is 1. The first-order valence-electron chi connectivity index (χ1n) is 6.91. The molecule has 1 unspecified atom stereocenters. The topological polar surface area (TPSA) is 28.4 Å². The molecule has 0 aromatic carbocycles. The van der Waals surface area contributed by atoms with E-state index in [0.717, 1.165) is 25.3 Å². The number of halogens is 2. The lowest BCUT2D eigenvalue weighted by atomic mass is 10.2. The van der Waals surface area contributed by atoms with Crippen molar-refractivity contribution < 1.29 is 13.2 Å². The van der Waals surface area contributed by atoms with Crippen molar-refractivity contribution in [3.63, 3.8) is 0 Å². The zero-order valence-corrected chi connectivity index (χ0v) is 13.2. The van der Waals surface area contributed by atoms with Crippen molar-refractivity contribution in [1.29, 1.82) is 0 Å². The van der Waals surface area contributed by atoms with Gasteiger partial charge in [0.25, 0.3) is 5.76 Å². The molecule has 116 valence electrons. The molecule has 20 heavy (non-hydrogen) atoms. The number of hydrogen-bond donors (Lipinski definition) is 1. The SMILES string of the molecule is CCC(C)N(C)CCNCc1ccc(CSC(F)F)o1. The zero-order chi connectivity index (χ0) is 15.0. The van der Waals surface area contributed by atoms with Crippen LogP contribution in [0.1, 0.15) is 31.8 Å². The summed E-state index contributed by atoms with van der Waals surface area (Å²) in [6, 6.07) is 4.18. The first-order chi connectivity index (χ1) is 9.52. The van der Waals surface area contributed by atoms with Gasteiger partial charge in [-0.05, 0) is 32.5 Å². The Hall–Kier alpha value is -0.590. The number of rotatable bonds is 10. The van der Waals surface area contributed by atoms with Gasteiger partial charge >= 0.3 is 0 Å². The van der Waals surface area contributed by atoms with Crippen LogP contribution in [0.15, 0.2) is 16.5 Å². The van der Waals surface area contributed by atoms with Crippen LogP contribution in [0.4, 0.5) is 8.78 Å². The van der Waals surface area contributed by atoms with Gasteiger partial charge in [-0.1, -0.05) is 18.7 Å². The van der Waals surface area contributed by atoms with Crippen molar-refractivity contribution in [3.05, 3.63) is 23.7 Å². The largest absolute Gasteiger partial charge is 0.464 e. The molecule has 3 nitrogen and oxygen atoms in total. The van der Waals surface area contributed by atoms with Gasteiger partial charge in [0.2, 0.25) is 0 Å². The summed E-state index contributed by atoms with van der Waals surface area (Å²) in [6.45, 7) is 6.87. The Kier molecular flexibility index (Phi) is 8.18. The van der Waals surface area contributed by atoms with Gasteiger partial charge in [0.15, 0.2) is 0 Å². The van der Waals surface area contributed by atoms with Gasteiger partial charge in [-0.3, -0.25) is 0 Å². The smallest absolute Gasteiger partial charge is 0.284 e. The summed E-state index contributed by atoms with van der Waals surface area (Å²) < 4.78 is 29.6. The van der Waals surface area contributed by atoms with E-state index < -0.39 is 5.76 Å².